The number of para-hydroxylation sites is 1. The summed E-state index contributed by atoms with van der Waals surface area (Å²) in [5.74, 6) is 5.97. The molecular weight excluding hydrogens is 242 g/mol. The number of nitrogens with zero attached hydrogens (tertiary/aromatic N) is 4. The molecule has 0 bridgehead atoms. The lowest BCUT2D eigenvalue weighted by atomic mass is 10.3. The summed E-state index contributed by atoms with van der Waals surface area (Å²) >= 11 is 0. The molecule has 0 aliphatic heterocycles. The number of guanidine groups is 1. The van der Waals surface area contributed by atoms with E-state index in [1.807, 2.05) is 36.5 Å². The molecule has 1 heterocycles. The smallest absolute Gasteiger partial charge is 0.210 e. The lowest BCUT2D eigenvalue weighted by molar-refractivity contribution is 0.564. The topological polar surface area (TPSA) is 93.1 Å². The Bertz CT molecular complexity index is 492. The minimum absolute atomic E-state index is 0.546. The SMILES string of the molecule is NNC(=NCCCn1ccnn1)Nc1ccccc1. The minimum Gasteiger partial charge on any atom is -0.325 e. The number of anilines is 1. The molecule has 1 aromatic carbocycles. The first-order chi connectivity index (χ1) is 9.38. The quantitative estimate of drug-likeness (QED) is 0.240. The number of hydrogen-bond donors (Lipinski definition) is 3. The van der Waals surface area contributed by atoms with E-state index in [1.54, 1.807) is 10.9 Å². The zero-order valence-corrected chi connectivity index (χ0v) is 10.5. The predicted molar refractivity (Wildman–Crippen MR) is 74.3 cm³/mol. The van der Waals surface area contributed by atoms with Gasteiger partial charge in [0, 0.05) is 25.0 Å². The number of benzene rings is 1. The van der Waals surface area contributed by atoms with Crippen molar-refractivity contribution in [3.8, 4) is 0 Å². The monoisotopic (exact) mass is 259 g/mol. The fourth-order valence-corrected chi connectivity index (χ4v) is 1.56. The molecule has 0 fully saturated rings. The maximum atomic E-state index is 5.43. The average molecular weight is 259 g/mol. The van der Waals surface area contributed by atoms with Gasteiger partial charge in [-0.2, -0.15) is 0 Å². The van der Waals surface area contributed by atoms with Crippen molar-refractivity contribution in [1.29, 1.82) is 0 Å². The summed E-state index contributed by atoms with van der Waals surface area (Å²) in [5, 5.41) is 10.7. The lowest BCUT2D eigenvalue weighted by Gasteiger charge is -2.08. The second-order valence-corrected chi connectivity index (χ2v) is 3.89. The summed E-state index contributed by atoms with van der Waals surface area (Å²) in [6.45, 7) is 1.44. The molecule has 4 N–H and O–H groups in total. The van der Waals surface area contributed by atoms with Crippen LogP contribution in [0.2, 0.25) is 0 Å². The first kappa shape index (κ1) is 13.0. The van der Waals surface area contributed by atoms with Gasteiger partial charge in [-0.15, -0.1) is 5.10 Å². The van der Waals surface area contributed by atoms with Crippen molar-refractivity contribution in [3.63, 3.8) is 0 Å². The molecule has 19 heavy (non-hydrogen) atoms. The van der Waals surface area contributed by atoms with Crippen LogP contribution in [0.3, 0.4) is 0 Å². The van der Waals surface area contributed by atoms with Crippen molar-refractivity contribution >= 4 is 11.6 Å². The summed E-state index contributed by atoms with van der Waals surface area (Å²) in [4.78, 5) is 4.34. The van der Waals surface area contributed by atoms with Crippen molar-refractivity contribution in [2.75, 3.05) is 11.9 Å². The summed E-state index contributed by atoms with van der Waals surface area (Å²) < 4.78 is 1.77. The van der Waals surface area contributed by atoms with Crippen molar-refractivity contribution < 1.29 is 0 Å². The number of rotatable bonds is 5. The van der Waals surface area contributed by atoms with E-state index in [2.05, 4.69) is 26.0 Å². The highest BCUT2D eigenvalue weighted by Gasteiger charge is 1.97. The molecule has 0 saturated carbocycles. The lowest BCUT2D eigenvalue weighted by Crippen LogP contribution is -2.36. The van der Waals surface area contributed by atoms with Crippen LogP contribution in [0, 0.1) is 0 Å². The Balaban J connectivity index is 1.79. The van der Waals surface area contributed by atoms with E-state index in [4.69, 9.17) is 5.84 Å². The average Bonchev–Trinajstić information content (AvgIpc) is 2.96. The maximum Gasteiger partial charge on any atom is 0.210 e. The number of aromatic nitrogens is 3. The van der Waals surface area contributed by atoms with Crippen LogP contribution in [-0.4, -0.2) is 27.5 Å². The van der Waals surface area contributed by atoms with Crippen LogP contribution >= 0.6 is 0 Å². The molecule has 1 aromatic heterocycles. The number of nitrogens with one attached hydrogen (secondary N) is 2. The first-order valence-electron chi connectivity index (χ1n) is 6.06. The molecule has 2 aromatic rings. The molecule has 0 radical (unpaired) electrons. The number of aliphatic imine (C=N–C) groups is 1. The number of hydrogen-bond acceptors (Lipinski definition) is 4. The standard InChI is InChI=1S/C12H17N7/c13-17-12(16-11-5-2-1-3-6-11)14-7-4-9-19-10-8-15-18-19/h1-3,5-6,8,10H,4,7,9,13H2,(H2,14,16,17). The van der Waals surface area contributed by atoms with Gasteiger partial charge in [-0.05, 0) is 18.6 Å². The fourth-order valence-electron chi connectivity index (χ4n) is 1.56. The van der Waals surface area contributed by atoms with Crippen LogP contribution in [0.5, 0.6) is 0 Å². The Morgan fingerprint density at radius 1 is 1.32 bits per heavy atom. The zero-order valence-electron chi connectivity index (χ0n) is 10.5. The van der Waals surface area contributed by atoms with E-state index in [-0.39, 0.29) is 0 Å². The molecule has 0 aliphatic carbocycles. The van der Waals surface area contributed by atoms with E-state index < -0.39 is 0 Å². The summed E-state index contributed by atoms with van der Waals surface area (Å²) in [5.41, 5.74) is 3.49. The Morgan fingerprint density at radius 2 is 2.16 bits per heavy atom. The van der Waals surface area contributed by atoms with Crippen LogP contribution < -0.4 is 16.6 Å². The van der Waals surface area contributed by atoms with Gasteiger partial charge >= 0.3 is 0 Å². The third-order valence-corrected chi connectivity index (χ3v) is 2.46. The highest BCUT2D eigenvalue weighted by Crippen LogP contribution is 2.04. The molecule has 2 rings (SSSR count). The van der Waals surface area contributed by atoms with Crippen LogP contribution in [-0.2, 0) is 6.54 Å². The van der Waals surface area contributed by atoms with Crippen LogP contribution in [0.25, 0.3) is 0 Å². The largest absolute Gasteiger partial charge is 0.325 e. The van der Waals surface area contributed by atoms with Gasteiger partial charge in [-0.25, -0.2) is 5.84 Å². The van der Waals surface area contributed by atoms with Crippen molar-refractivity contribution in [2.24, 2.45) is 10.8 Å². The molecule has 0 unspecified atom stereocenters. The zero-order chi connectivity index (χ0) is 13.3. The van der Waals surface area contributed by atoms with E-state index in [9.17, 15) is 0 Å². The maximum absolute atomic E-state index is 5.43. The summed E-state index contributed by atoms with van der Waals surface area (Å²) in [6.07, 6.45) is 4.35. The van der Waals surface area contributed by atoms with E-state index >= 15 is 0 Å². The van der Waals surface area contributed by atoms with Crippen LogP contribution in [0.1, 0.15) is 6.42 Å². The molecule has 0 atom stereocenters. The van der Waals surface area contributed by atoms with E-state index in [0.717, 1.165) is 18.7 Å². The first-order valence-corrected chi connectivity index (χ1v) is 6.06. The Morgan fingerprint density at radius 3 is 2.84 bits per heavy atom. The summed E-state index contributed by atoms with van der Waals surface area (Å²) in [6, 6.07) is 9.74. The van der Waals surface area contributed by atoms with Crippen LogP contribution in [0.15, 0.2) is 47.7 Å². The molecule has 0 spiro atoms. The van der Waals surface area contributed by atoms with E-state index in [1.165, 1.54) is 0 Å². The Hall–Kier alpha value is -2.41. The molecule has 7 nitrogen and oxygen atoms in total. The summed E-state index contributed by atoms with van der Waals surface area (Å²) in [7, 11) is 0. The Kier molecular flexibility index (Phi) is 4.88. The minimum atomic E-state index is 0.546. The van der Waals surface area contributed by atoms with E-state index in [0.29, 0.717) is 12.5 Å². The highest BCUT2D eigenvalue weighted by atomic mass is 15.4. The Labute approximate surface area is 111 Å². The molecule has 0 aliphatic rings. The van der Waals surface area contributed by atoms with Gasteiger partial charge in [0.25, 0.3) is 0 Å². The number of hydrazine groups is 1. The van der Waals surface area contributed by atoms with Gasteiger partial charge < -0.3 is 5.32 Å². The van der Waals surface area contributed by atoms with Gasteiger partial charge in [0.05, 0.1) is 6.20 Å². The molecule has 7 heteroatoms. The molecule has 100 valence electrons. The van der Waals surface area contributed by atoms with Crippen LogP contribution in [0.4, 0.5) is 5.69 Å². The molecule has 0 amide bonds. The van der Waals surface area contributed by atoms with Crippen molar-refractivity contribution in [1.82, 2.24) is 20.4 Å². The van der Waals surface area contributed by atoms with Crippen molar-refractivity contribution in [3.05, 3.63) is 42.7 Å². The number of aryl methyl sites for hydroxylation is 1. The third-order valence-electron chi connectivity index (χ3n) is 2.46. The normalized spacial score (nSPS) is 11.3. The van der Waals surface area contributed by atoms with Gasteiger partial charge in [-0.1, -0.05) is 23.4 Å². The second kappa shape index (κ2) is 7.12. The third kappa shape index (κ3) is 4.40. The molecular formula is C12H17N7. The predicted octanol–water partition coefficient (Wildman–Crippen LogP) is 0.600. The fraction of sp³-hybridized carbons (Fsp3) is 0.250. The van der Waals surface area contributed by atoms with Gasteiger partial charge in [0.1, 0.15) is 0 Å². The van der Waals surface area contributed by atoms with Gasteiger partial charge in [-0.3, -0.25) is 15.1 Å². The van der Waals surface area contributed by atoms with Crippen molar-refractivity contribution in [2.45, 2.75) is 13.0 Å². The van der Waals surface area contributed by atoms with Gasteiger partial charge in [0.2, 0.25) is 5.96 Å². The molecule has 0 saturated heterocycles. The highest BCUT2D eigenvalue weighted by molar-refractivity contribution is 5.93. The van der Waals surface area contributed by atoms with Gasteiger partial charge in [0.15, 0.2) is 0 Å². The second-order valence-electron chi connectivity index (χ2n) is 3.89. The number of nitrogens with two attached hydrogens (primary N) is 1.